The number of aromatic carboxylic acids is 1. The van der Waals surface area contributed by atoms with Crippen LogP contribution in [0.3, 0.4) is 0 Å². The van der Waals surface area contributed by atoms with Gasteiger partial charge in [-0.1, -0.05) is 0 Å². The van der Waals surface area contributed by atoms with E-state index < -0.39 is 5.97 Å². The molecule has 0 fully saturated rings. The third-order valence-electron chi connectivity index (χ3n) is 2.40. The van der Waals surface area contributed by atoms with Crippen LogP contribution in [-0.4, -0.2) is 35.8 Å². The lowest BCUT2D eigenvalue weighted by molar-refractivity contribution is 0.0681. The van der Waals surface area contributed by atoms with Crippen LogP contribution in [0, 0.1) is 0 Å². The normalized spacial score (nSPS) is 14.9. The van der Waals surface area contributed by atoms with Gasteiger partial charge in [0, 0.05) is 20.3 Å². The highest BCUT2D eigenvalue weighted by atomic mass is 16.5. The van der Waals surface area contributed by atoms with Crippen molar-refractivity contribution < 1.29 is 14.6 Å². The molecule has 5 nitrogen and oxygen atoms in total. The van der Waals surface area contributed by atoms with Crippen LogP contribution in [0.25, 0.3) is 0 Å². The van der Waals surface area contributed by atoms with Crippen LogP contribution < -0.4 is 9.64 Å². The molecule has 0 unspecified atom stereocenters. The Morgan fingerprint density at radius 2 is 2.29 bits per heavy atom. The van der Waals surface area contributed by atoms with E-state index in [4.69, 9.17) is 9.84 Å². The summed E-state index contributed by atoms with van der Waals surface area (Å²) in [5.74, 6) is -0.474. The molecular formula is C9H12N2O3. The quantitative estimate of drug-likeness (QED) is 0.712. The van der Waals surface area contributed by atoms with Gasteiger partial charge < -0.3 is 19.3 Å². The van der Waals surface area contributed by atoms with Crippen molar-refractivity contribution in [3.8, 4) is 5.75 Å². The molecule has 0 saturated carbocycles. The summed E-state index contributed by atoms with van der Waals surface area (Å²) < 4.78 is 6.94. The van der Waals surface area contributed by atoms with Crippen LogP contribution in [-0.2, 0) is 7.05 Å². The third kappa shape index (κ3) is 1.13. The third-order valence-corrected chi connectivity index (χ3v) is 2.40. The van der Waals surface area contributed by atoms with Crippen LogP contribution in [0.15, 0.2) is 6.20 Å². The van der Waals surface area contributed by atoms with E-state index in [1.54, 1.807) is 17.8 Å². The molecule has 2 rings (SSSR count). The molecule has 0 aromatic carbocycles. The number of fused-ring (bicyclic) bond motifs is 1. The fourth-order valence-corrected chi connectivity index (χ4v) is 1.66. The number of rotatable bonds is 1. The van der Waals surface area contributed by atoms with Crippen LogP contribution >= 0.6 is 0 Å². The van der Waals surface area contributed by atoms with E-state index >= 15 is 0 Å². The van der Waals surface area contributed by atoms with Gasteiger partial charge in [0.1, 0.15) is 6.61 Å². The highest BCUT2D eigenvalue weighted by Crippen LogP contribution is 2.35. The standard InChI is InChI=1S/C9H12N2O3/c1-10-3-4-14-8-6(10)5-11(2)7(8)9(12)13/h5H,3-4H2,1-2H3,(H,12,13). The van der Waals surface area contributed by atoms with Gasteiger partial charge in [-0.15, -0.1) is 0 Å². The number of carboxylic acid groups (broad SMARTS) is 1. The number of hydrogen-bond acceptors (Lipinski definition) is 3. The fourth-order valence-electron chi connectivity index (χ4n) is 1.66. The summed E-state index contributed by atoms with van der Waals surface area (Å²) in [5, 5.41) is 8.98. The molecule has 1 aromatic rings. The molecular weight excluding hydrogens is 184 g/mol. The van der Waals surface area contributed by atoms with Gasteiger partial charge in [0.2, 0.25) is 0 Å². The monoisotopic (exact) mass is 196 g/mol. The van der Waals surface area contributed by atoms with Gasteiger partial charge in [0.25, 0.3) is 0 Å². The largest absolute Gasteiger partial charge is 0.487 e. The summed E-state index contributed by atoms with van der Waals surface area (Å²) in [7, 11) is 3.63. The minimum atomic E-state index is -0.955. The lowest BCUT2D eigenvalue weighted by Gasteiger charge is -2.24. The number of aromatic nitrogens is 1. The first-order valence-electron chi connectivity index (χ1n) is 4.38. The average molecular weight is 196 g/mol. The zero-order chi connectivity index (χ0) is 10.3. The highest BCUT2D eigenvalue weighted by Gasteiger charge is 2.26. The molecule has 1 aromatic heterocycles. The van der Waals surface area contributed by atoms with Crippen molar-refractivity contribution in [2.75, 3.05) is 25.1 Å². The highest BCUT2D eigenvalue weighted by molar-refractivity contribution is 5.92. The fraction of sp³-hybridized carbons (Fsp3) is 0.444. The molecule has 5 heteroatoms. The Bertz CT molecular complexity index is 384. The summed E-state index contributed by atoms with van der Waals surface area (Å²) in [6.07, 6.45) is 1.78. The molecule has 0 saturated heterocycles. The molecule has 0 radical (unpaired) electrons. The summed E-state index contributed by atoms with van der Waals surface area (Å²) in [4.78, 5) is 12.9. The molecule has 1 aliphatic heterocycles. The number of carbonyl (C=O) groups is 1. The van der Waals surface area contributed by atoms with Gasteiger partial charge in [0.05, 0.1) is 12.2 Å². The Morgan fingerprint density at radius 1 is 1.57 bits per heavy atom. The Kier molecular flexibility index (Phi) is 1.87. The average Bonchev–Trinajstić information content (AvgIpc) is 2.42. The maximum absolute atomic E-state index is 10.9. The first-order chi connectivity index (χ1) is 6.61. The summed E-state index contributed by atoms with van der Waals surface area (Å²) >= 11 is 0. The van der Waals surface area contributed by atoms with E-state index in [0.717, 1.165) is 12.2 Å². The van der Waals surface area contributed by atoms with Crippen molar-refractivity contribution in [1.29, 1.82) is 0 Å². The predicted molar refractivity (Wildman–Crippen MR) is 51.1 cm³/mol. The number of carboxylic acids is 1. The summed E-state index contributed by atoms with van der Waals surface area (Å²) in [6.45, 7) is 1.32. The second-order valence-corrected chi connectivity index (χ2v) is 3.38. The van der Waals surface area contributed by atoms with Crippen LogP contribution in [0.5, 0.6) is 5.75 Å². The zero-order valence-corrected chi connectivity index (χ0v) is 8.15. The van der Waals surface area contributed by atoms with Gasteiger partial charge in [-0.3, -0.25) is 0 Å². The number of hydrogen-bond donors (Lipinski definition) is 1. The summed E-state index contributed by atoms with van der Waals surface area (Å²) in [5.41, 5.74) is 1.06. The lowest BCUT2D eigenvalue weighted by Crippen LogP contribution is -2.28. The molecule has 14 heavy (non-hydrogen) atoms. The minimum absolute atomic E-state index is 0.214. The first-order valence-corrected chi connectivity index (χ1v) is 4.38. The van der Waals surface area contributed by atoms with Gasteiger partial charge in [-0.05, 0) is 0 Å². The van der Waals surface area contributed by atoms with Crippen molar-refractivity contribution >= 4 is 11.7 Å². The van der Waals surface area contributed by atoms with E-state index in [2.05, 4.69) is 0 Å². The van der Waals surface area contributed by atoms with Crippen LogP contribution in [0.4, 0.5) is 5.69 Å². The number of likely N-dealkylation sites (N-methyl/N-ethyl adjacent to an activating group) is 1. The van der Waals surface area contributed by atoms with E-state index in [9.17, 15) is 4.79 Å². The second-order valence-electron chi connectivity index (χ2n) is 3.38. The minimum Gasteiger partial charge on any atom is -0.487 e. The molecule has 1 aliphatic rings. The van der Waals surface area contributed by atoms with Crippen molar-refractivity contribution in [3.05, 3.63) is 11.9 Å². The Morgan fingerprint density at radius 3 is 2.93 bits per heavy atom. The van der Waals surface area contributed by atoms with E-state index in [1.807, 2.05) is 11.9 Å². The predicted octanol–water partition coefficient (Wildman–Crippen LogP) is 0.552. The van der Waals surface area contributed by atoms with Crippen molar-refractivity contribution in [3.63, 3.8) is 0 Å². The van der Waals surface area contributed by atoms with Crippen molar-refractivity contribution in [2.24, 2.45) is 7.05 Å². The van der Waals surface area contributed by atoms with E-state index in [0.29, 0.717) is 12.4 Å². The SMILES string of the molecule is CN1CCOc2c1cn(C)c2C(=O)O. The summed E-state index contributed by atoms with van der Waals surface area (Å²) in [6, 6.07) is 0. The maximum atomic E-state index is 10.9. The zero-order valence-electron chi connectivity index (χ0n) is 8.15. The molecule has 0 amide bonds. The number of aryl methyl sites for hydroxylation is 1. The smallest absolute Gasteiger partial charge is 0.356 e. The Hall–Kier alpha value is -1.65. The number of ether oxygens (including phenoxy) is 1. The van der Waals surface area contributed by atoms with Crippen LogP contribution in [0.1, 0.15) is 10.5 Å². The second kappa shape index (κ2) is 2.94. The molecule has 0 spiro atoms. The van der Waals surface area contributed by atoms with Gasteiger partial charge in [-0.2, -0.15) is 0 Å². The molecule has 0 aliphatic carbocycles. The Labute approximate surface area is 81.5 Å². The molecule has 0 atom stereocenters. The topological polar surface area (TPSA) is 54.7 Å². The van der Waals surface area contributed by atoms with Gasteiger partial charge in [-0.25, -0.2) is 4.79 Å². The first kappa shape index (κ1) is 8.93. The maximum Gasteiger partial charge on any atom is 0.356 e. The van der Waals surface area contributed by atoms with Crippen molar-refractivity contribution in [2.45, 2.75) is 0 Å². The Balaban J connectivity index is 2.57. The van der Waals surface area contributed by atoms with E-state index in [1.165, 1.54) is 0 Å². The molecule has 0 bridgehead atoms. The number of nitrogens with zero attached hydrogens (tertiary/aromatic N) is 2. The van der Waals surface area contributed by atoms with Crippen LogP contribution in [0.2, 0.25) is 0 Å². The van der Waals surface area contributed by atoms with Gasteiger partial charge in [0.15, 0.2) is 11.4 Å². The molecule has 76 valence electrons. The number of anilines is 1. The van der Waals surface area contributed by atoms with Crippen molar-refractivity contribution in [1.82, 2.24) is 4.57 Å². The van der Waals surface area contributed by atoms with Gasteiger partial charge >= 0.3 is 5.97 Å². The van der Waals surface area contributed by atoms with E-state index in [-0.39, 0.29) is 5.69 Å². The molecule has 1 N–H and O–H groups in total. The molecule has 2 heterocycles. The lowest BCUT2D eigenvalue weighted by atomic mass is 10.3.